The molecule has 4 heterocycles. The van der Waals surface area contributed by atoms with E-state index < -0.39 is 11.7 Å². The third kappa shape index (κ3) is 6.77. The molecule has 0 spiro atoms. The summed E-state index contributed by atoms with van der Waals surface area (Å²) in [7, 11) is 1.58. The van der Waals surface area contributed by atoms with Crippen LogP contribution in [0.2, 0.25) is 0 Å². The Morgan fingerprint density at radius 1 is 0.896 bits per heavy atom. The second-order valence-electron chi connectivity index (χ2n) is 11.6. The van der Waals surface area contributed by atoms with Gasteiger partial charge in [0, 0.05) is 47.6 Å². The number of hydrogen-bond donors (Lipinski definition) is 1. The first-order chi connectivity index (χ1) is 23.6. The number of piperidine rings is 1. The summed E-state index contributed by atoms with van der Waals surface area (Å²) in [5.74, 6) is 0.385. The molecule has 0 radical (unpaired) electrons. The number of benzene rings is 3. The van der Waals surface area contributed by atoms with Crippen LogP contribution in [0.5, 0.6) is 23.0 Å². The number of methoxy groups -OCH3 is 1. The van der Waals surface area contributed by atoms with E-state index in [1.165, 1.54) is 31.4 Å². The van der Waals surface area contributed by atoms with E-state index in [9.17, 15) is 4.79 Å². The summed E-state index contributed by atoms with van der Waals surface area (Å²) in [6.45, 7) is 3.88. The van der Waals surface area contributed by atoms with Crippen molar-refractivity contribution >= 4 is 28.1 Å². The van der Waals surface area contributed by atoms with Crippen molar-refractivity contribution in [2.45, 2.75) is 25.7 Å². The van der Waals surface area contributed by atoms with E-state index in [1.807, 2.05) is 36.4 Å². The Kier molecular flexibility index (Phi) is 9.10. The standard InChI is InChI=1S/C37H35FN6O4/c1-46-34-22-27-29(24-35(34)47-20-8-19-43-17-6-3-7-18-43)39-15-13-32(27)48-33-12-11-26(21-28(33)38)41-37(45)30-23-31(25-9-4-2-5-10-25)44-36(42-30)14-16-40-44/h2,4-5,9-16,21-24H,3,6-8,17-20H2,1H3,(H,41,45). The molecule has 48 heavy (non-hydrogen) atoms. The predicted octanol–water partition coefficient (Wildman–Crippen LogP) is 7.39. The van der Waals surface area contributed by atoms with Crippen molar-refractivity contribution in [1.82, 2.24) is 24.5 Å². The number of carbonyl (C=O) groups is 1. The average Bonchev–Trinajstić information content (AvgIpc) is 3.60. The van der Waals surface area contributed by atoms with Gasteiger partial charge >= 0.3 is 0 Å². The maximum Gasteiger partial charge on any atom is 0.274 e. The number of likely N-dealkylation sites (tertiary alicyclic amines) is 1. The van der Waals surface area contributed by atoms with Crippen molar-refractivity contribution in [1.29, 1.82) is 0 Å². The van der Waals surface area contributed by atoms with E-state index in [-0.39, 0.29) is 17.1 Å². The average molecular weight is 647 g/mol. The van der Waals surface area contributed by atoms with Crippen molar-refractivity contribution in [3.05, 3.63) is 103 Å². The lowest BCUT2D eigenvalue weighted by molar-refractivity contribution is 0.102. The SMILES string of the molecule is COc1cc2c(Oc3ccc(NC(=O)c4cc(-c5ccccc5)n5nccc5n4)cc3F)ccnc2cc1OCCCN1CCCCC1. The Morgan fingerprint density at radius 2 is 1.75 bits per heavy atom. The lowest BCUT2D eigenvalue weighted by atomic mass is 10.1. The molecule has 0 aliphatic carbocycles. The van der Waals surface area contributed by atoms with Gasteiger partial charge in [0.15, 0.2) is 28.7 Å². The van der Waals surface area contributed by atoms with Crippen LogP contribution in [-0.2, 0) is 0 Å². The number of nitrogens with one attached hydrogen (secondary N) is 1. The molecule has 3 aromatic heterocycles. The summed E-state index contributed by atoms with van der Waals surface area (Å²) in [6, 6.07) is 22.5. The van der Waals surface area contributed by atoms with E-state index >= 15 is 4.39 Å². The highest BCUT2D eigenvalue weighted by Crippen LogP contribution is 2.38. The number of amides is 1. The van der Waals surface area contributed by atoms with Crippen molar-refractivity contribution in [2.24, 2.45) is 0 Å². The molecule has 1 aliphatic rings. The van der Waals surface area contributed by atoms with Gasteiger partial charge in [-0.25, -0.2) is 13.9 Å². The van der Waals surface area contributed by atoms with Gasteiger partial charge in [0.2, 0.25) is 0 Å². The monoisotopic (exact) mass is 646 g/mol. The third-order valence-corrected chi connectivity index (χ3v) is 8.38. The minimum Gasteiger partial charge on any atom is -0.493 e. The maximum absolute atomic E-state index is 15.4. The van der Waals surface area contributed by atoms with Crippen LogP contribution in [0.1, 0.15) is 36.2 Å². The number of pyridine rings is 1. The molecular weight excluding hydrogens is 611 g/mol. The number of nitrogens with zero attached hydrogens (tertiary/aromatic N) is 5. The molecule has 0 bridgehead atoms. The number of halogens is 1. The normalized spacial score (nSPS) is 13.5. The largest absolute Gasteiger partial charge is 0.493 e. The Labute approximate surface area is 277 Å². The van der Waals surface area contributed by atoms with Crippen LogP contribution in [0.25, 0.3) is 27.8 Å². The highest BCUT2D eigenvalue weighted by molar-refractivity contribution is 6.03. The molecule has 1 amide bonds. The van der Waals surface area contributed by atoms with Gasteiger partial charge in [-0.05, 0) is 62.7 Å². The minimum atomic E-state index is -0.650. The first-order valence-corrected chi connectivity index (χ1v) is 16.1. The molecule has 3 aromatic carbocycles. The highest BCUT2D eigenvalue weighted by atomic mass is 19.1. The van der Waals surface area contributed by atoms with Gasteiger partial charge in [-0.2, -0.15) is 5.10 Å². The molecule has 11 heteroatoms. The van der Waals surface area contributed by atoms with Crippen LogP contribution in [0.3, 0.4) is 0 Å². The fourth-order valence-electron chi connectivity index (χ4n) is 5.96. The Bertz CT molecular complexity index is 2060. The van der Waals surface area contributed by atoms with E-state index in [4.69, 9.17) is 14.2 Å². The van der Waals surface area contributed by atoms with E-state index in [0.717, 1.165) is 31.6 Å². The molecule has 1 aliphatic heterocycles. The van der Waals surface area contributed by atoms with Crippen LogP contribution in [0.4, 0.5) is 10.1 Å². The highest BCUT2D eigenvalue weighted by Gasteiger charge is 2.17. The van der Waals surface area contributed by atoms with Crippen molar-refractivity contribution < 1.29 is 23.4 Å². The van der Waals surface area contributed by atoms with E-state index in [1.54, 1.807) is 54.4 Å². The molecule has 0 unspecified atom stereocenters. The van der Waals surface area contributed by atoms with Crippen LogP contribution in [0, 0.1) is 5.82 Å². The Hall–Kier alpha value is -5.55. The van der Waals surface area contributed by atoms with Crippen LogP contribution in [0.15, 0.2) is 91.3 Å². The van der Waals surface area contributed by atoms with Crippen LogP contribution in [-0.4, -0.2) is 63.7 Å². The zero-order chi connectivity index (χ0) is 32.9. The number of fused-ring (bicyclic) bond motifs is 2. The fourth-order valence-corrected chi connectivity index (χ4v) is 5.96. The van der Waals surface area contributed by atoms with Gasteiger partial charge in [-0.15, -0.1) is 0 Å². The summed E-state index contributed by atoms with van der Waals surface area (Å²) in [5.41, 5.74) is 3.15. The molecular formula is C37H35FN6O4. The molecule has 7 rings (SSSR count). The van der Waals surface area contributed by atoms with E-state index in [2.05, 4.69) is 25.3 Å². The summed E-state index contributed by atoms with van der Waals surface area (Å²) in [5, 5.41) is 7.73. The van der Waals surface area contributed by atoms with Gasteiger partial charge in [0.25, 0.3) is 5.91 Å². The van der Waals surface area contributed by atoms with Gasteiger partial charge in [0.05, 0.1) is 31.1 Å². The third-order valence-electron chi connectivity index (χ3n) is 8.38. The number of aromatic nitrogens is 4. The number of ether oxygens (including phenoxy) is 3. The molecule has 10 nitrogen and oxygen atoms in total. The summed E-state index contributed by atoms with van der Waals surface area (Å²) >= 11 is 0. The van der Waals surface area contributed by atoms with Crippen molar-refractivity contribution in [3.63, 3.8) is 0 Å². The summed E-state index contributed by atoms with van der Waals surface area (Å²) in [6.07, 6.45) is 7.98. The molecule has 1 fully saturated rings. The van der Waals surface area contributed by atoms with Gasteiger partial charge in [-0.1, -0.05) is 36.8 Å². The van der Waals surface area contributed by atoms with Crippen molar-refractivity contribution in [2.75, 3.05) is 38.7 Å². The quantitative estimate of drug-likeness (QED) is 0.145. The number of rotatable bonds is 11. The van der Waals surface area contributed by atoms with Crippen LogP contribution >= 0.6 is 0 Å². The molecule has 0 atom stereocenters. The number of hydrogen-bond acceptors (Lipinski definition) is 8. The zero-order valence-electron chi connectivity index (χ0n) is 26.6. The predicted molar refractivity (Wildman–Crippen MR) is 182 cm³/mol. The Balaban J connectivity index is 1.05. The first-order valence-electron chi connectivity index (χ1n) is 16.1. The minimum absolute atomic E-state index is 0.0114. The van der Waals surface area contributed by atoms with Gasteiger partial charge in [-0.3, -0.25) is 9.78 Å². The summed E-state index contributed by atoms with van der Waals surface area (Å²) < 4.78 is 34.8. The molecule has 244 valence electrons. The fraction of sp³-hybridized carbons (Fsp3) is 0.243. The topological polar surface area (TPSA) is 103 Å². The van der Waals surface area contributed by atoms with E-state index in [0.29, 0.717) is 46.1 Å². The van der Waals surface area contributed by atoms with Gasteiger partial charge in [0.1, 0.15) is 11.4 Å². The lowest BCUT2D eigenvalue weighted by Crippen LogP contribution is -2.31. The summed E-state index contributed by atoms with van der Waals surface area (Å²) in [4.78, 5) is 24.7. The zero-order valence-corrected chi connectivity index (χ0v) is 26.6. The lowest BCUT2D eigenvalue weighted by Gasteiger charge is -2.26. The molecule has 1 saturated heterocycles. The Morgan fingerprint density at radius 3 is 2.56 bits per heavy atom. The maximum atomic E-state index is 15.4. The van der Waals surface area contributed by atoms with Gasteiger partial charge < -0.3 is 24.4 Å². The first kappa shape index (κ1) is 31.1. The molecule has 1 N–H and O–H groups in total. The molecule has 0 saturated carbocycles. The number of anilines is 1. The second-order valence-corrected chi connectivity index (χ2v) is 11.6. The smallest absolute Gasteiger partial charge is 0.274 e. The number of carbonyl (C=O) groups excluding carboxylic acids is 1. The van der Waals surface area contributed by atoms with Crippen LogP contribution < -0.4 is 19.5 Å². The van der Waals surface area contributed by atoms with Crippen molar-refractivity contribution in [3.8, 4) is 34.3 Å². The molecule has 6 aromatic rings. The second kappa shape index (κ2) is 14.1.